The number of fused-ring (bicyclic) bond motifs is 1. The molecule has 2 N–H and O–H groups in total. The topological polar surface area (TPSA) is 57.9 Å². The molecule has 4 nitrogen and oxygen atoms in total. The third kappa shape index (κ3) is 2.41. The Kier molecular flexibility index (Phi) is 2.89. The minimum atomic E-state index is -0.395. The Morgan fingerprint density at radius 2 is 1.74 bits per heavy atom. The van der Waals surface area contributed by atoms with Crippen LogP contribution >= 0.6 is 12.2 Å². The first-order valence-electron chi connectivity index (χ1n) is 5.72. The van der Waals surface area contributed by atoms with E-state index in [1.807, 2.05) is 18.2 Å². The second-order valence-electron chi connectivity index (χ2n) is 4.04. The normalized spacial score (nSPS) is 10.5. The third-order valence-electron chi connectivity index (χ3n) is 2.71. The first-order valence-corrected chi connectivity index (χ1v) is 6.12. The smallest absolute Gasteiger partial charge is 0.343 e. The van der Waals surface area contributed by atoms with Crippen LogP contribution < -0.4 is 4.74 Å². The van der Waals surface area contributed by atoms with Crippen molar-refractivity contribution < 1.29 is 9.53 Å². The van der Waals surface area contributed by atoms with Crippen molar-refractivity contribution in [3.63, 3.8) is 0 Å². The number of esters is 1. The summed E-state index contributed by atoms with van der Waals surface area (Å²) in [4.78, 5) is 17.9. The Balaban J connectivity index is 1.91. The van der Waals surface area contributed by atoms with E-state index >= 15 is 0 Å². The number of H-pyrrole nitrogens is 2. The summed E-state index contributed by atoms with van der Waals surface area (Å²) in [6, 6.07) is 14.2. The maximum atomic E-state index is 12.0. The van der Waals surface area contributed by atoms with E-state index in [0.717, 1.165) is 11.0 Å². The second-order valence-corrected chi connectivity index (χ2v) is 4.45. The maximum Gasteiger partial charge on any atom is 0.343 e. The molecule has 94 valence electrons. The van der Waals surface area contributed by atoms with Gasteiger partial charge < -0.3 is 14.7 Å². The van der Waals surface area contributed by atoms with Crippen LogP contribution in [0.25, 0.3) is 11.0 Å². The van der Waals surface area contributed by atoms with Gasteiger partial charge in [0.1, 0.15) is 5.75 Å². The van der Waals surface area contributed by atoms with Crippen LogP contribution in [0.1, 0.15) is 10.4 Å². The number of aromatic amines is 2. The molecular weight excluding hydrogens is 260 g/mol. The lowest BCUT2D eigenvalue weighted by Gasteiger charge is -2.03. The van der Waals surface area contributed by atoms with Crippen LogP contribution in [0.5, 0.6) is 5.75 Å². The lowest BCUT2D eigenvalue weighted by Crippen LogP contribution is -2.08. The molecule has 19 heavy (non-hydrogen) atoms. The highest BCUT2D eigenvalue weighted by Gasteiger charge is 2.09. The van der Waals surface area contributed by atoms with E-state index in [0.29, 0.717) is 16.1 Å². The predicted molar refractivity (Wildman–Crippen MR) is 74.9 cm³/mol. The molecule has 0 saturated heterocycles. The highest BCUT2D eigenvalue weighted by Crippen LogP contribution is 2.15. The van der Waals surface area contributed by atoms with Gasteiger partial charge in [0.2, 0.25) is 0 Å². The Labute approximate surface area is 114 Å². The van der Waals surface area contributed by atoms with Gasteiger partial charge in [-0.15, -0.1) is 0 Å². The number of ether oxygens (including phenoxy) is 1. The van der Waals surface area contributed by atoms with E-state index in [9.17, 15) is 4.79 Å². The first kappa shape index (κ1) is 11.7. The van der Waals surface area contributed by atoms with Gasteiger partial charge in [0.25, 0.3) is 0 Å². The molecule has 2 aromatic carbocycles. The number of carbonyl (C=O) groups excluding carboxylic acids is 1. The Morgan fingerprint density at radius 3 is 2.53 bits per heavy atom. The van der Waals surface area contributed by atoms with E-state index in [1.165, 1.54) is 0 Å². The summed E-state index contributed by atoms with van der Waals surface area (Å²) in [6.07, 6.45) is 0. The molecule has 0 atom stereocenters. The molecule has 0 aliphatic rings. The minimum Gasteiger partial charge on any atom is -0.423 e. The number of imidazole rings is 1. The monoisotopic (exact) mass is 270 g/mol. The predicted octanol–water partition coefficient (Wildman–Crippen LogP) is 3.44. The van der Waals surface area contributed by atoms with Gasteiger partial charge in [-0.05, 0) is 42.5 Å². The quantitative estimate of drug-likeness (QED) is 0.426. The van der Waals surface area contributed by atoms with Crippen molar-refractivity contribution in [2.24, 2.45) is 0 Å². The van der Waals surface area contributed by atoms with Gasteiger partial charge in [0.05, 0.1) is 16.6 Å². The molecule has 1 aromatic heterocycles. The standard InChI is InChI=1S/C14H10N2O2S/c17-13(18-10-4-2-1-3-5-10)9-6-7-11-12(8-9)16-14(19)15-11/h1-8H,(H2,15,16,19). The molecule has 5 heteroatoms. The minimum absolute atomic E-state index is 0.395. The van der Waals surface area contributed by atoms with Crippen LogP contribution in [0.15, 0.2) is 48.5 Å². The Morgan fingerprint density at radius 1 is 1.00 bits per heavy atom. The van der Waals surface area contributed by atoms with Crippen molar-refractivity contribution in [2.75, 3.05) is 0 Å². The zero-order chi connectivity index (χ0) is 13.2. The number of hydrogen-bond donors (Lipinski definition) is 2. The van der Waals surface area contributed by atoms with Crippen LogP contribution in [-0.2, 0) is 0 Å². The molecule has 0 aliphatic heterocycles. The summed E-state index contributed by atoms with van der Waals surface area (Å²) in [7, 11) is 0. The number of para-hydroxylation sites is 1. The SMILES string of the molecule is O=C(Oc1ccccc1)c1ccc2[nH]c(=S)[nH]c2c1. The zero-order valence-corrected chi connectivity index (χ0v) is 10.7. The van der Waals surface area contributed by atoms with Gasteiger partial charge in [0, 0.05) is 0 Å². The highest BCUT2D eigenvalue weighted by molar-refractivity contribution is 7.71. The molecule has 0 bridgehead atoms. The van der Waals surface area contributed by atoms with Crippen LogP contribution in [0.3, 0.4) is 0 Å². The molecule has 0 amide bonds. The molecule has 0 unspecified atom stereocenters. The average Bonchev–Trinajstić information content (AvgIpc) is 2.78. The molecule has 0 fully saturated rings. The molecule has 3 rings (SSSR count). The maximum absolute atomic E-state index is 12.0. The molecule has 0 radical (unpaired) electrons. The number of benzene rings is 2. The fourth-order valence-corrected chi connectivity index (χ4v) is 2.03. The van der Waals surface area contributed by atoms with Gasteiger partial charge in [0.15, 0.2) is 4.77 Å². The van der Waals surface area contributed by atoms with Crippen LogP contribution in [0.4, 0.5) is 0 Å². The number of hydrogen-bond acceptors (Lipinski definition) is 3. The molecule has 0 spiro atoms. The summed E-state index contributed by atoms with van der Waals surface area (Å²) in [6.45, 7) is 0. The summed E-state index contributed by atoms with van der Waals surface area (Å²) >= 11 is 5.00. The summed E-state index contributed by atoms with van der Waals surface area (Å²) in [5, 5.41) is 0. The van der Waals surface area contributed by atoms with E-state index in [2.05, 4.69) is 9.97 Å². The van der Waals surface area contributed by atoms with E-state index in [1.54, 1.807) is 30.3 Å². The van der Waals surface area contributed by atoms with Gasteiger partial charge in [-0.3, -0.25) is 0 Å². The van der Waals surface area contributed by atoms with E-state index in [4.69, 9.17) is 17.0 Å². The van der Waals surface area contributed by atoms with Crippen LogP contribution in [0, 0.1) is 4.77 Å². The van der Waals surface area contributed by atoms with Crippen molar-refractivity contribution >= 4 is 29.2 Å². The van der Waals surface area contributed by atoms with Crippen molar-refractivity contribution in [3.05, 3.63) is 58.9 Å². The fourth-order valence-electron chi connectivity index (χ4n) is 1.81. The number of nitrogens with one attached hydrogen (secondary N) is 2. The first-order chi connectivity index (χ1) is 9.22. The van der Waals surface area contributed by atoms with E-state index < -0.39 is 5.97 Å². The molecule has 0 aliphatic carbocycles. The zero-order valence-electron chi connectivity index (χ0n) is 9.84. The average molecular weight is 270 g/mol. The summed E-state index contributed by atoms with van der Waals surface area (Å²) in [5.41, 5.74) is 2.12. The van der Waals surface area contributed by atoms with Gasteiger partial charge in [-0.25, -0.2) is 4.79 Å². The van der Waals surface area contributed by atoms with Gasteiger partial charge >= 0.3 is 5.97 Å². The second kappa shape index (κ2) is 4.70. The van der Waals surface area contributed by atoms with Crippen LogP contribution in [-0.4, -0.2) is 15.9 Å². The number of aromatic nitrogens is 2. The van der Waals surface area contributed by atoms with Crippen molar-refractivity contribution in [3.8, 4) is 5.75 Å². The third-order valence-corrected chi connectivity index (χ3v) is 2.91. The fraction of sp³-hybridized carbons (Fsp3) is 0. The largest absolute Gasteiger partial charge is 0.423 e. The number of carbonyl (C=O) groups is 1. The highest BCUT2D eigenvalue weighted by atomic mass is 32.1. The van der Waals surface area contributed by atoms with Gasteiger partial charge in [-0.1, -0.05) is 18.2 Å². The lowest BCUT2D eigenvalue weighted by molar-refractivity contribution is 0.0735. The van der Waals surface area contributed by atoms with Crippen LogP contribution in [0.2, 0.25) is 0 Å². The molecular formula is C14H10N2O2S. The summed E-state index contributed by atoms with van der Waals surface area (Å²) < 4.78 is 5.80. The summed E-state index contributed by atoms with van der Waals surface area (Å²) in [5.74, 6) is 0.128. The molecule has 1 heterocycles. The molecule has 3 aromatic rings. The Bertz CT molecular complexity index is 790. The Hall–Kier alpha value is -2.40. The van der Waals surface area contributed by atoms with Crippen molar-refractivity contribution in [1.29, 1.82) is 0 Å². The lowest BCUT2D eigenvalue weighted by atomic mass is 10.2. The number of rotatable bonds is 2. The van der Waals surface area contributed by atoms with Crippen molar-refractivity contribution in [2.45, 2.75) is 0 Å². The van der Waals surface area contributed by atoms with Crippen molar-refractivity contribution in [1.82, 2.24) is 9.97 Å². The van der Waals surface area contributed by atoms with E-state index in [-0.39, 0.29) is 0 Å². The van der Waals surface area contributed by atoms with Gasteiger partial charge in [-0.2, -0.15) is 0 Å². The molecule has 0 saturated carbocycles.